The van der Waals surface area contributed by atoms with Crippen molar-refractivity contribution in [3.8, 4) is 0 Å². The van der Waals surface area contributed by atoms with E-state index in [4.69, 9.17) is 0 Å². The molecule has 4 heteroatoms. The van der Waals surface area contributed by atoms with Crippen molar-refractivity contribution in [1.82, 2.24) is 9.99 Å². The minimum Gasteiger partial charge on any atom is -0.273 e. The predicted molar refractivity (Wildman–Crippen MR) is 63.0 cm³/mol. The molecule has 2 heterocycles. The maximum Gasteiger partial charge on any atom is 0.243 e. The van der Waals surface area contributed by atoms with Crippen LogP contribution in [0.25, 0.3) is 0 Å². The van der Waals surface area contributed by atoms with E-state index in [1.807, 2.05) is 31.0 Å². The maximum absolute atomic E-state index is 12.0. The molecule has 1 aromatic heterocycles. The second-order valence-electron chi connectivity index (χ2n) is 3.83. The van der Waals surface area contributed by atoms with Gasteiger partial charge in [-0.25, -0.2) is 15.0 Å². The molecule has 86 valence electrons. The molecule has 0 fully saturated rings. The fourth-order valence-corrected chi connectivity index (χ4v) is 2.08. The number of fused-ring (bicyclic) bond motifs is 1. The third-order valence-corrected chi connectivity index (χ3v) is 2.93. The summed E-state index contributed by atoms with van der Waals surface area (Å²) in [5, 5.41) is 3.76. The highest BCUT2D eigenvalue weighted by Gasteiger charge is 2.28. The van der Waals surface area contributed by atoms with Gasteiger partial charge in [0.25, 0.3) is 0 Å². The Bertz CT molecular complexity index is 388. The molecular formula is C12H17N3O. The van der Waals surface area contributed by atoms with Crippen LogP contribution < -0.4 is 5.01 Å². The average Bonchev–Trinajstić information content (AvgIpc) is 2.33. The quantitative estimate of drug-likeness (QED) is 0.775. The van der Waals surface area contributed by atoms with Crippen LogP contribution in [0.5, 0.6) is 0 Å². The molecule has 0 spiro atoms. The van der Waals surface area contributed by atoms with Gasteiger partial charge in [0, 0.05) is 25.7 Å². The largest absolute Gasteiger partial charge is 0.273 e. The van der Waals surface area contributed by atoms with Gasteiger partial charge in [-0.3, -0.25) is 4.79 Å². The van der Waals surface area contributed by atoms with Crippen LogP contribution in [0.4, 0.5) is 5.82 Å². The SMILES string of the molecule is CCN(CC)N1C(=O)CCc2cccnc21. The van der Waals surface area contributed by atoms with Crippen molar-refractivity contribution >= 4 is 11.7 Å². The Labute approximate surface area is 95.9 Å². The van der Waals surface area contributed by atoms with E-state index >= 15 is 0 Å². The summed E-state index contributed by atoms with van der Waals surface area (Å²) in [7, 11) is 0. The molecule has 0 bridgehead atoms. The third-order valence-electron chi connectivity index (χ3n) is 2.93. The summed E-state index contributed by atoms with van der Waals surface area (Å²) in [4.78, 5) is 16.3. The number of amides is 1. The van der Waals surface area contributed by atoms with Crippen molar-refractivity contribution in [3.05, 3.63) is 23.9 Å². The standard InChI is InChI=1S/C12H17N3O/c1-3-14(4-2)15-11(16)8-7-10-6-5-9-13-12(10)15/h5-6,9H,3-4,7-8H2,1-2H3. The lowest BCUT2D eigenvalue weighted by Crippen LogP contribution is -2.49. The van der Waals surface area contributed by atoms with Gasteiger partial charge in [-0.1, -0.05) is 19.9 Å². The normalized spacial score (nSPS) is 15.4. The van der Waals surface area contributed by atoms with Crippen LogP contribution in [0.15, 0.2) is 18.3 Å². The van der Waals surface area contributed by atoms with Gasteiger partial charge in [0.05, 0.1) is 0 Å². The van der Waals surface area contributed by atoms with E-state index in [2.05, 4.69) is 4.98 Å². The minimum absolute atomic E-state index is 0.148. The molecule has 1 amide bonds. The molecule has 0 unspecified atom stereocenters. The zero-order valence-corrected chi connectivity index (χ0v) is 9.81. The molecule has 1 aromatic rings. The summed E-state index contributed by atoms with van der Waals surface area (Å²) in [6.45, 7) is 5.73. The van der Waals surface area contributed by atoms with Crippen molar-refractivity contribution in [3.63, 3.8) is 0 Å². The fourth-order valence-electron chi connectivity index (χ4n) is 2.08. The molecule has 0 saturated carbocycles. The highest BCUT2D eigenvalue weighted by atomic mass is 16.2. The number of nitrogens with zero attached hydrogens (tertiary/aromatic N) is 3. The van der Waals surface area contributed by atoms with Crippen LogP contribution >= 0.6 is 0 Å². The molecule has 0 aliphatic carbocycles. The second kappa shape index (κ2) is 4.61. The molecule has 0 atom stereocenters. The molecule has 0 saturated heterocycles. The van der Waals surface area contributed by atoms with E-state index < -0.39 is 0 Å². The Morgan fingerprint density at radius 3 is 2.81 bits per heavy atom. The Morgan fingerprint density at radius 2 is 2.12 bits per heavy atom. The van der Waals surface area contributed by atoms with Gasteiger partial charge in [-0.05, 0) is 18.1 Å². The molecule has 0 aromatic carbocycles. The molecule has 4 nitrogen and oxygen atoms in total. The Kier molecular flexibility index (Phi) is 3.19. The zero-order chi connectivity index (χ0) is 11.5. The molecule has 2 rings (SSSR count). The monoisotopic (exact) mass is 219 g/mol. The number of carbonyl (C=O) groups excluding carboxylic acids is 1. The molecule has 1 aliphatic heterocycles. The van der Waals surface area contributed by atoms with E-state index in [9.17, 15) is 4.79 Å². The van der Waals surface area contributed by atoms with Gasteiger partial charge in [-0.15, -0.1) is 0 Å². The van der Waals surface area contributed by atoms with E-state index in [0.717, 1.165) is 30.9 Å². The van der Waals surface area contributed by atoms with Crippen molar-refractivity contribution in [1.29, 1.82) is 0 Å². The summed E-state index contributed by atoms with van der Waals surface area (Å²) in [5.41, 5.74) is 1.16. The second-order valence-corrected chi connectivity index (χ2v) is 3.83. The molecular weight excluding hydrogens is 202 g/mol. The van der Waals surface area contributed by atoms with Crippen LogP contribution in [-0.2, 0) is 11.2 Å². The molecule has 0 radical (unpaired) electrons. The van der Waals surface area contributed by atoms with E-state index in [-0.39, 0.29) is 5.91 Å². The van der Waals surface area contributed by atoms with E-state index in [1.165, 1.54) is 0 Å². The van der Waals surface area contributed by atoms with Crippen LogP contribution in [0.1, 0.15) is 25.8 Å². The van der Waals surface area contributed by atoms with Gasteiger partial charge in [-0.2, -0.15) is 0 Å². The van der Waals surface area contributed by atoms with Crippen LogP contribution in [0.2, 0.25) is 0 Å². The first-order chi connectivity index (χ1) is 7.77. The fraction of sp³-hybridized carbons (Fsp3) is 0.500. The summed E-state index contributed by atoms with van der Waals surface area (Å²) in [5.74, 6) is 0.956. The zero-order valence-electron chi connectivity index (χ0n) is 9.81. The first-order valence-electron chi connectivity index (χ1n) is 5.79. The van der Waals surface area contributed by atoms with Gasteiger partial charge in [0.2, 0.25) is 5.91 Å². The van der Waals surface area contributed by atoms with Gasteiger partial charge in [0.15, 0.2) is 5.82 Å². The number of pyridine rings is 1. The van der Waals surface area contributed by atoms with Crippen molar-refractivity contribution in [2.45, 2.75) is 26.7 Å². The number of aromatic nitrogens is 1. The van der Waals surface area contributed by atoms with Crippen molar-refractivity contribution in [2.24, 2.45) is 0 Å². The number of carbonyl (C=O) groups is 1. The average molecular weight is 219 g/mol. The lowest BCUT2D eigenvalue weighted by molar-refractivity contribution is -0.122. The van der Waals surface area contributed by atoms with E-state index in [1.54, 1.807) is 11.2 Å². The van der Waals surface area contributed by atoms with Gasteiger partial charge >= 0.3 is 0 Å². The summed E-state index contributed by atoms with van der Waals surface area (Å²) < 4.78 is 0. The third kappa shape index (κ3) is 1.80. The predicted octanol–water partition coefficient (Wildman–Crippen LogP) is 1.62. The number of anilines is 1. The summed E-state index contributed by atoms with van der Waals surface area (Å²) in [6, 6.07) is 3.97. The van der Waals surface area contributed by atoms with Gasteiger partial charge < -0.3 is 0 Å². The first-order valence-corrected chi connectivity index (χ1v) is 5.79. The van der Waals surface area contributed by atoms with Crippen molar-refractivity contribution in [2.75, 3.05) is 18.1 Å². The van der Waals surface area contributed by atoms with Crippen molar-refractivity contribution < 1.29 is 4.79 Å². The molecule has 1 aliphatic rings. The topological polar surface area (TPSA) is 36.4 Å². The number of hydrogen-bond acceptors (Lipinski definition) is 3. The number of hydrogen-bond donors (Lipinski definition) is 0. The lowest BCUT2D eigenvalue weighted by Gasteiger charge is -2.36. The highest BCUT2D eigenvalue weighted by molar-refractivity contribution is 5.94. The Balaban J connectivity index is 2.40. The first kappa shape index (κ1) is 11.1. The van der Waals surface area contributed by atoms with Crippen LogP contribution in [0.3, 0.4) is 0 Å². The number of rotatable bonds is 3. The maximum atomic E-state index is 12.0. The lowest BCUT2D eigenvalue weighted by atomic mass is 10.1. The molecule has 16 heavy (non-hydrogen) atoms. The van der Waals surface area contributed by atoms with E-state index in [0.29, 0.717) is 6.42 Å². The number of hydrazine groups is 1. The Morgan fingerprint density at radius 1 is 1.38 bits per heavy atom. The number of aryl methyl sites for hydroxylation is 1. The Hall–Kier alpha value is -1.42. The van der Waals surface area contributed by atoms with Crippen LogP contribution in [0, 0.1) is 0 Å². The summed E-state index contributed by atoms with van der Waals surface area (Å²) in [6.07, 6.45) is 3.13. The summed E-state index contributed by atoms with van der Waals surface area (Å²) >= 11 is 0. The smallest absolute Gasteiger partial charge is 0.243 e. The minimum atomic E-state index is 0.148. The van der Waals surface area contributed by atoms with Crippen LogP contribution in [-0.4, -0.2) is 29.0 Å². The highest BCUT2D eigenvalue weighted by Crippen LogP contribution is 2.26. The molecule has 0 N–H and O–H groups in total. The van der Waals surface area contributed by atoms with Gasteiger partial charge in [0.1, 0.15) is 0 Å².